The number of aromatic nitrogens is 1. The number of nitrogens with one attached hydrogen (secondary N) is 2. The molecule has 2 unspecified atom stereocenters. The summed E-state index contributed by atoms with van der Waals surface area (Å²) in [5, 5.41) is 9.16. The molecule has 2 rings (SSSR count). The minimum absolute atomic E-state index is 0.0696. The zero-order chi connectivity index (χ0) is 13.0. The molecule has 1 amide bonds. The Morgan fingerprint density at radius 3 is 3.11 bits per heavy atom. The van der Waals surface area contributed by atoms with E-state index >= 15 is 0 Å². The van der Waals surface area contributed by atoms with Crippen molar-refractivity contribution in [1.29, 1.82) is 0 Å². The molecule has 1 aliphatic rings. The first-order chi connectivity index (χ1) is 8.70. The van der Waals surface area contributed by atoms with Crippen LogP contribution in [0.1, 0.15) is 10.7 Å². The maximum atomic E-state index is 12.0. The number of carbonyl (C=O) groups is 1. The smallest absolute Gasteiger partial charge is 0.227 e. The molecule has 1 aromatic heterocycles. The fraction of sp³-hybridized carbons (Fsp3) is 0.667. The molecule has 1 aromatic rings. The topological polar surface area (TPSA) is 63.2 Å². The fourth-order valence-corrected chi connectivity index (χ4v) is 2.81. The minimum Gasteiger partial charge on any atom is -0.379 e. The van der Waals surface area contributed by atoms with Crippen LogP contribution in [-0.2, 0) is 16.0 Å². The Bertz CT molecular complexity index is 408. The lowest BCUT2D eigenvalue weighted by Crippen LogP contribution is -2.43. The highest BCUT2D eigenvalue weighted by molar-refractivity contribution is 7.09. The van der Waals surface area contributed by atoms with Crippen LogP contribution in [-0.4, -0.2) is 43.7 Å². The number of ether oxygens (including phenoxy) is 1. The van der Waals surface area contributed by atoms with Crippen molar-refractivity contribution in [1.82, 2.24) is 15.6 Å². The van der Waals surface area contributed by atoms with E-state index in [0.717, 1.165) is 17.1 Å². The summed E-state index contributed by atoms with van der Waals surface area (Å²) in [7, 11) is 1.86. The molecule has 6 heteroatoms. The summed E-state index contributed by atoms with van der Waals surface area (Å²) in [5.74, 6) is -0.00633. The Morgan fingerprint density at radius 1 is 1.61 bits per heavy atom. The van der Waals surface area contributed by atoms with Crippen molar-refractivity contribution in [2.75, 3.05) is 26.8 Å². The van der Waals surface area contributed by atoms with E-state index in [2.05, 4.69) is 15.6 Å². The molecule has 0 saturated carbocycles. The highest BCUT2D eigenvalue weighted by Gasteiger charge is 2.32. The normalized spacial score (nSPS) is 23.2. The lowest BCUT2D eigenvalue weighted by atomic mass is 10.0. The molecule has 18 heavy (non-hydrogen) atoms. The molecule has 0 spiro atoms. The first-order valence-corrected chi connectivity index (χ1v) is 7.02. The molecule has 0 radical (unpaired) electrons. The lowest BCUT2D eigenvalue weighted by Gasteiger charge is -2.16. The molecule has 2 heterocycles. The average Bonchev–Trinajstić information content (AvgIpc) is 2.97. The Morgan fingerprint density at radius 2 is 2.44 bits per heavy atom. The third kappa shape index (κ3) is 3.28. The third-order valence-electron chi connectivity index (χ3n) is 3.09. The van der Waals surface area contributed by atoms with E-state index in [0.29, 0.717) is 19.8 Å². The van der Waals surface area contributed by atoms with Crippen LogP contribution in [0.25, 0.3) is 0 Å². The van der Waals surface area contributed by atoms with Gasteiger partial charge in [0.15, 0.2) is 0 Å². The fourth-order valence-electron chi connectivity index (χ4n) is 2.04. The van der Waals surface area contributed by atoms with E-state index in [-0.39, 0.29) is 17.9 Å². The molecule has 5 nitrogen and oxygen atoms in total. The molecule has 2 atom stereocenters. The largest absolute Gasteiger partial charge is 0.379 e. The van der Waals surface area contributed by atoms with Gasteiger partial charge >= 0.3 is 0 Å². The number of carbonyl (C=O) groups excluding carboxylic acids is 1. The van der Waals surface area contributed by atoms with E-state index in [9.17, 15) is 4.79 Å². The van der Waals surface area contributed by atoms with Crippen molar-refractivity contribution < 1.29 is 9.53 Å². The van der Waals surface area contributed by atoms with E-state index in [1.165, 1.54) is 0 Å². The summed E-state index contributed by atoms with van der Waals surface area (Å²) in [6, 6.07) is 0.132. The van der Waals surface area contributed by atoms with Crippen molar-refractivity contribution in [2.45, 2.75) is 19.4 Å². The van der Waals surface area contributed by atoms with E-state index in [4.69, 9.17) is 4.74 Å². The second-order valence-corrected chi connectivity index (χ2v) is 5.41. The van der Waals surface area contributed by atoms with E-state index in [1.807, 2.05) is 19.4 Å². The number of nitrogens with zero attached hydrogens (tertiary/aromatic N) is 1. The SMILES string of the molecule is CNC1COCC1C(=O)NCCc1nc(C)cs1. The van der Waals surface area contributed by atoms with Crippen LogP contribution in [0.15, 0.2) is 5.38 Å². The summed E-state index contributed by atoms with van der Waals surface area (Å²) < 4.78 is 5.32. The van der Waals surface area contributed by atoms with Gasteiger partial charge in [0.25, 0.3) is 0 Å². The predicted molar refractivity (Wildman–Crippen MR) is 70.7 cm³/mol. The summed E-state index contributed by atoms with van der Waals surface area (Å²) in [4.78, 5) is 16.3. The summed E-state index contributed by atoms with van der Waals surface area (Å²) in [5.41, 5.74) is 1.04. The van der Waals surface area contributed by atoms with Gasteiger partial charge in [-0.1, -0.05) is 0 Å². The van der Waals surface area contributed by atoms with Gasteiger partial charge in [-0.2, -0.15) is 0 Å². The lowest BCUT2D eigenvalue weighted by molar-refractivity contribution is -0.125. The molecule has 1 fully saturated rings. The van der Waals surface area contributed by atoms with Crippen molar-refractivity contribution >= 4 is 17.2 Å². The van der Waals surface area contributed by atoms with Crippen LogP contribution in [0.3, 0.4) is 0 Å². The van der Waals surface area contributed by atoms with Gasteiger partial charge in [-0.15, -0.1) is 11.3 Å². The van der Waals surface area contributed by atoms with Crippen molar-refractivity contribution in [3.8, 4) is 0 Å². The molecular formula is C12H19N3O2S. The Balaban J connectivity index is 1.74. The van der Waals surface area contributed by atoms with Crippen molar-refractivity contribution in [3.05, 3.63) is 16.1 Å². The highest BCUT2D eigenvalue weighted by Crippen LogP contribution is 2.13. The van der Waals surface area contributed by atoms with Crippen LogP contribution in [0.4, 0.5) is 0 Å². The first-order valence-electron chi connectivity index (χ1n) is 6.14. The number of amides is 1. The van der Waals surface area contributed by atoms with Crippen LogP contribution < -0.4 is 10.6 Å². The van der Waals surface area contributed by atoms with Gasteiger partial charge < -0.3 is 15.4 Å². The predicted octanol–water partition coefficient (Wildman–Crippen LogP) is 0.345. The van der Waals surface area contributed by atoms with Gasteiger partial charge in [-0.25, -0.2) is 4.98 Å². The number of hydrogen-bond acceptors (Lipinski definition) is 5. The van der Waals surface area contributed by atoms with Crippen molar-refractivity contribution in [3.63, 3.8) is 0 Å². The Labute approximate surface area is 111 Å². The van der Waals surface area contributed by atoms with Gasteiger partial charge in [0, 0.05) is 30.1 Å². The quantitative estimate of drug-likeness (QED) is 0.809. The van der Waals surface area contributed by atoms with Crippen LogP contribution in [0, 0.1) is 12.8 Å². The summed E-state index contributed by atoms with van der Waals surface area (Å²) >= 11 is 1.64. The van der Waals surface area contributed by atoms with Gasteiger partial charge in [0.1, 0.15) is 0 Å². The van der Waals surface area contributed by atoms with Crippen LogP contribution in [0.5, 0.6) is 0 Å². The number of thiazole rings is 1. The van der Waals surface area contributed by atoms with Crippen molar-refractivity contribution in [2.24, 2.45) is 5.92 Å². The Hall–Kier alpha value is -0.980. The molecule has 2 N–H and O–H groups in total. The first kappa shape index (κ1) is 13.5. The summed E-state index contributed by atoms with van der Waals surface area (Å²) in [6.07, 6.45) is 0.794. The zero-order valence-electron chi connectivity index (χ0n) is 10.7. The maximum absolute atomic E-state index is 12.0. The van der Waals surface area contributed by atoms with E-state index < -0.39 is 0 Å². The maximum Gasteiger partial charge on any atom is 0.227 e. The van der Waals surface area contributed by atoms with Gasteiger partial charge in [0.2, 0.25) is 5.91 Å². The molecule has 1 aliphatic heterocycles. The Kier molecular flexibility index (Phi) is 4.68. The molecule has 0 aliphatic carbocycles. The monoisotopic (exact) mass is 269 g/mol. The standard InChI is InChI=1S/C12H19N3O2S/c1-8-7-18-11(15-8)3-4-14-12(16)9-5-17-6-10(9)13-2/h7,9-10,13H,3-6H2,1-2H3,(H,14,16). The zero-order valence-corrected chi connectivity index (χ0v) is 11.5. The number of rotatable bonds is 5. The molecule has 0 bridgehead atoms. The molecule has 1 saturated heterocycles. The van der Waals surface area contributed by atoms with Crippen LogP contribution in [0.2, 0.25) is 0 Å². The number of hydrogen-bond donors (Lipinski definition) is 2. The van der Waals surface area contributed by atoms with Crippen LogP contribution >= 0.6 is 11.3 Å². The molecule has 0 aromatic carbocycles. The number of aryl methyl sites for hydroxylation is 1. The van der Waals surface area contributed by atoms with Gasteiger partial charge in [-0.05, 0) is 14.0 Å². The molecule has 100 valence electrons. The van der Waals surface area contributed by atoms with Gasteiger partial charge in [0.05, 0.1) is 24.1 Å². The van der Waals surface area contributed by atoms with Gasteiger partial charge in [-0.3, -0.25) is 4.79 Å². The summed E-state index contributed by atoms with van der Waals surface area (Å²) in [6.45, 7) is 3.73. The molecular weight excluding hydrogens is 250 g/mol. The van der Waals surface area contributed by atoms with E-state index in [1.54, 1.807) is 11.3 Å². The second-order valence-electron chi connectivity index (χ2n) is 4.46. The highest BCUT2D eigenvalue weighted by atomic mass is 32.1. The minimum atomic E-state index is -0.0759. The average molecular weight is 269 g/mol. The second kappa shape index (κ2) is 6.26. The third-order valence-corrected chi connectivity index (χ3v) is 4.12. The number of likely N-dealkylation sites (N-methyl/N-ethyl adjacent to an activating group) is 1.